The molecule has 4 nitrogen and oxygen atoms in total. The molecule has 3 aromatic rings. The van der Waals surface area contributed by atoms with Gasteiger partial charge >= 0.3 is 6.15 Å². The first-order valence-electron chi connectivity index (χ1n) is 10.5. The normalized spacial score (nSPS) is 13.9. The number of hydrogen-bond donors (Lipinski definition) is 0. The van der Waals surface area contributed by atoms with Crippen LogP contribution in [0.2, 0.25) is 0 Å². The number of nitrogens with zero attached hydrogens (tertiary/aromatic N) is 1. The van der Waals surface area contributed by atoms with E-state index in [0.717, 1.165) is 23.8 Å². The van der Waals surface area contributed by atoms with Crippen molar-refractivity contribution in [3.8, 4) is 5.75 Å². The molecule has 30 heavy (non-hydrogen) atoms. The molecule has 0 saturated heterocycles. The predicted octanol–water partition coefficient (Wildman–Crippen LogP) is 5.57. The van der Waals surface area contributed by atoms with Gasteiger partial charge in [-0.2, -0.15) is 9.59 Å². The summed E-state index contributed by atoms with van der Waals surface area (Å²) in [7, 11) is 0. The monoisotopic (exact) mass is 401 g/mol. The number of aromatic nitrogens is 1. The van der Waals surface area contributed by atoms with Crippen molar-refractivity contribution < 1.29 is 14.3 Å². The fourth-order valence-electron chi connectivity index (χ4n) is 3.88. The smallest absolute Gasteiger partial charge is 0.373 e. The summed E-state index contributed by atoms with van der Waals surface area (Å²) in [5.74, 6) is 2.16. The predicted molar refractivity (Wildman–Crippen MR) is 115 cm³/mol. The highest BCUT2D eigenvalue weighted by molar-refractivity contribution is 5.38. The molecule has 1 atom stereocenters. The number of hydrogen-bond acceptors (Lipinski definition) is 4. The number of ether oxygens (including phenoxy) is 1. The van der Waals surface area contributed by atoms with Crippen LogP contribution in [0.3, 0.4) is 0 Å². The van der Waals surface area contributed by atoms with Gasteiger partial charge in [-0.15, -0.1) is 0 Å². The van der Waals surface area contributed by atoms with Crippen molar-refractivity contribution in [1.29, 1.82) is 0 Å². The van der Waals surface area contributed by atoms with Crippen LogP contribution in [-0.2, 0) is 22.6 Å². The fourth-order valence-corrected chi connectivity index (χ4v) is 3.88. The maximum Gasteiger partial charge on any atom is 0.373 e. The van der Waals surface area contributed by atoms with Crippen molar-refractivity contribution in [2.24, 2.45) is 5.92 Å². The summed E-state index contributed by atoms with van der Waals surface area (Å²) in [4.78, 5) is 20.6. The van der Waals surface area contributed by atoms with Crippen molar-refractivity contribution in [1.82, 2.24) is 4.98 Å². The zero-order valence-electron chi connectivity index (χ0n) is 17.3. The maximum absolute atomic E-state index is 8.12. The van der Waals surface area contributed by atoms with Crippen LogP contribution in [0.1, 0.15) is 54.5 Å². The Morgan fingerprint density at radius 2 is 1.60 bits per heavy atom. The number of pyridine rings is 1. The maximum atomic E-state index is 8.12. The Morgan fingerprint density at radius 3 is 2.10 bits per heavy atom. The van der Waals surface area contributed by atoms with Crippen LogP contribution in [0.25, 0.3) is 0 Å². The molecule has 1 aliphatic rings. The second-order valence-electron chi connectivity index (χ2n) is 7.53. The molecule has 0 N–H and O–H groups in total. The first-order chi connectivity index (χ1) is 14.7. The Balaban J connectivity index is 0.000000806. The van der Waals surface area contributed by atoms with E-state index in [1.807, 2.05) is 18.2 Å². The largest absolute Gasteiger partial charge is 0.487 e. The lowest BCUT2D eigenvalue weighted by molar-refractivity contribution is -0.191. The first-order valence-corrected chi connectivity index (χ1v) is 10.5. The molecule has 1 unspecified atom stereocenters. The van der Waals surface area contributed by atoms with Crippen LogP contribution >= 0.6 is 0 Å². The zero-order valence-corrected chi connectivity index (χ0v) is 17.3. The van der Waals surface area contributed by atoms with E-state index in [0.29, 0.717) is 12.5 Å². The van der Waals surface area contributed by atoms with Gasteiger partial charge in [0.15, 0.2) is 0 Å². The topological polar surface area (TPSA) is 56.3 Å². The van der Waals surface area contributed by atoms with Gasteiger partial charge in [0.2, 0.25) is 0 Å². The Labute approximate surface area is 177 Å². The molecule has 0 amide bonds. The van der Waals surface area contributed by atoms with Crippen LogP contribution in [0.5, 0.6) is 5.75 Å². The van der Waals surface area contributed by atoms with Gasteiger partial charge in [-0.1, -0.05) is 55.8 Å². The van der Waals surface area contributed by atoms with E-state index < -0.39 is 0 Å². The second-order valence-corrected chi connectivity index (χ2v) is 7.53. The minimum absolute atomic E-state index is 0.250. The summed E-state index contributed by atoms with van der Waals surface area (Å²) in [6.45, 7) is 2.72. The molecule has 0 bridgehead atoms. The van der Waals surface area contributed by atoms with E-state index in [1.165, 1.54) is 36.0 Å². The lowest BCUT2D eigenvalue weighted by Gasteiger charge is -2.34. The highest BCUT2D eigenvalue weighted by atomic mass is 16.5. The summed E-state index contributed by atoms with van der Waals surface area (Å²) in [5.41, 5.74) is 5.20. The average molecular weight is 402 g/mol. The molecule has 1 fully saturated rings. The second kappa shape index (κ2) is 11.1. The van der Waals surface area contributed by atoms with E-state index in [4.69, 9.17) is 14.3 Å². The minimum Gasteiger partial charge on any atom is -0.487 e. The summed E-state index contributed by atoms with van der Waals surface area (Å²) in [6, 6.07) is 23.8. The lowest BCUT2D eigenvalue weighted by Crippen LogP contribution is -2.21. The SMILES string of the molecule is CCc1ccc(C(c2ccc(OCc3ccccn3)cc2)C2CCC2)cc1.O=C=O. The molecule has 2 aromatic carbocycles. The zero-order chi connectivity index (χ0) is 21.2. The molecule has 1 saturated carbocycles. The van der Waals surface area contributed by atoms with Crippen LogP contribution in [0.15, 0.2) is 72.9 Å². The third-order valence-corrected chi connectivity index (χ3v) is 5.72. The Hall–Kier alpha value is -3.23. The number of benzene rings is 2. The van der Waals surface area contributed by atoms with E-state index in [1.54, 1.807) is 6.20 Å². The number of aryl methyl sites for hydroxylation is 1. The minimum atomic E-state index is 0.250. The van der Waals surface area contributed by atoms with Gasteiger partial charge in [0.1, 0.15) is 12.4 Å². The standard InChI is InChI=1S/C25H27NO.CO2/c1-2-19-9-11-21(12-10-19)25(20-6-5-7-20)22-13-15-24(16-14-22)27-18-23-8-3-4-17-26-23;2-1-3/h3-4,8-17,20,25H,2,5-7,18H2,1H3;. The van der Waals surface area contributed by atoms with E-state index in [9.17, 15) is 0 Å². The lowest BCUT2D eigenvalue weighted by atomic mass is 9.70. The van der Waals surface area contributed by atoms with Crippen LogP contribution in [0.4, 0.5) is 0 Å². The highest BCUT2D eigenvalue weighted by Crippen LogP contribution is 2.43. The Kier molecular flexibility index (Phi) is 7.94. The summed E-state index contributed by atoms with van der Waals surface area (Å²) >= 11 is 0. The molecular weight excluding hydrogens is 374 g/mol. The average Bonchev–Trinajstić information content (AvgIpc) is 2.77. The van der Waals surface area contributed by atoms with Gasteiger partial charge in [0, 0.05) is 12.1 Å². The summed E-state index contributed by atoms with van der Waals surface area (Å²) in [6.07, 6.45) is 7.17. The molecule has 1 aromatic heterocycles. The summed E-state index contributed by atoms with van der Waals surface area (Å²) in [5, 5.41) is 0. The van der Waals surface area contributed by atoms with Gasteiger partial charge in [-0.05, 0) is 66.1 Å². The van der Waals surface area contributed by atoms with Gasteiger partial charge in [0.05, 0.1) is 5.69 Å². The van der Waals surface area contributed by atoms with E-state index >= 15 is 0 Å². The Morgan fingerprint density at radius 1 is 0.967 bits per heavy atom. The van der Waals surface area contributed by atoms with Gasteiger partial charge in [-0.3, -0.25) is 4.98 Å². The van der Waals surface area contributed by atoms with Gasteiger partial charge in [-0.25, -0.2) is 0 Å². The van der Waals surface area contributed by atoms with Gasteiger partial charge in [0.25, 0.3) is 0 Å². The van der Waals surface area contributed by atoms with Crippen molar-refractivity contribution in [2.45, 2.75) is 45.1 Å². The molecule has 1 aliphatic carbocycles. The molecule has 1 heterocycles. The molecule has 4 heteroatoms. The fraction of sp³-hybridized carbons (Fsp3) is 0.308. The first kappa shape index (κ1) is 21.5. The van der Waals surface area contributed by atoms with Gasteiger partial charge < -0.3 is 4.74 Å². The van der Waals surface area contributed by atoms with Crippen LogP contribution < -0.4 is 4.74 Å². The summed E-state index contributed by atoms with van der Waals surface area (Å²) < 4.78 is 5.90. The van der Waals surface area contributed by atoms with Crippen molar-refractivity contribution in [3.05, 3.63) is 95.3 Å². The molecule has 4 rings (SSSR count). The number of carbonyl (C=O) groups excluding carboxylic acids is 2. The number of rotatable bonds is 7. The van der Waals surface area contributed by atoms with Crippen LogP contribution in [0, 0.1) is 5.92 Å². The molecule has 0 aliphatic heterocycles. The molecule has 0 radical (unpaired) electrons. The quantitative estimate of drug-likeness (QED) is 0.519. The van der Waals surface area contributed by atoms with Crippen LogP contribution in [-0.4, -0.2) is 11.1 Å². The van der Waals surface area contributed by atoms with Crippen molar-refractivity contribution >= 4 is 6.15 Å². The molecule has 0 spiro atoms. The third-order valence-electron chi connectivity index (χ3n) is 5.72. The molecule has 154 valence electrons. The third kappa shape index (κ3) is 5.65. The molecular formula is C26H27NO3. The van der Waals surface area contributed by atoms with E-state index in [2.05, 4.69) is 60.4 Å². The highest BCUT2D eigenvalue weighted by Gasteiger charge is 2.29. The van der Waals surface area contributed by atoms with Crippen molar-refractivity contribution in [2.75, 3.05) is 0 Å². The Bertz CT molecular complexity index is 926. The van der Waals surface area contributed by atoms with E-state index in [-0.39, 0.29) is 6.15 Å². The van der Waals surface area contributed by atoms with Crippen molar-refractivity contribution in [3.63, 3.8) is 0 Å².